The number of imidazole rings is 1. The quantitative estimate of drug-likeness (QED) is 0.415. The van der Waals surface area contributed by atoms with Crippen molar-refractivity contribution in [3.8, 4) is 11.8 Å². The van der Waals surface area contributed by atoms with E-state index in [1.807, 2.05) is 29.0 Å². The minimum Gasteiger partial charge on any atom is -0.327 e. The summed E-state index contributed by atoms with van der Waals surface area (Å²) in [5.41, 5.74) is 3.92. The maximum atomic E-state index is 5.69. The lowest BCUT2D eigenvalue weighted by Crippen LogP contribution is -2.72. The summed E-state index contributed by atoms with van der Waals surface area (Å²) in [4.78, 5) is 14.1. The zero-order valence-electron chi connectivity index (χ0n) is 15.0. The molecule has 5 heteroatoms. The van der Waals surface area contributed by atoms with Gasteiger partial charge in [0.1, 0.15) is 6.54 Å². The van der Waals surface area contributed by atoms with E-state index in [0.29, 0.717) is 19.1 Å². The molecule has 1 aliphatic rings. The van der Waals surface area contributed by atoms with Crippen molar-refractivity contribution in [1.82, 2.24) is 14.5 Å². The molecule has 1 aliphatic carbocycles. The van der Waals surface area contributed by atoms with Gasteiger partial charge in [0.2, 0.25) is 6.61 Å². The highest BCUT2D eigenvalue weighted by molar-refractivity contribution is 5.96. The third kappa shape index (κ3) is 5.05. The monoisotopic (exact) mass is 357 g/mol. The number of hydrogen-bond acceptors (Lipinski definition) is 3. The first-order chi connectivity index (χ1) is 13.4. The zero-order valence-corrected chi connectivity index (χ0v) is 15.0. The predicted octanol–water partition coefficient (Wildman–Crippen LogP) is 1.74. The molecule has 4 rings (SSSR count). The number of nitrogens with zero attached hydrogens (tertiary/aromatic N) is 3. The molecule has 0 bridgehead atoms. The van der Waals surface area contributed by atoms with Crippen LogP contribution in [0.5, 0.6) is 0 Å². The lowest BCUT2D eigenvalue weighted by Gasteiger charge is -2.03. The predicted molar refractivity (Wildman–Crippen MR) is 102 cm³/mol. The summed E-state index contributed by atoms with van der Waals surface area (Å²) >= 11 is 0. The molecule has 134 valence electrons. The van der Waals surface area contributed by atoms with Crippen LogP contribution in [0.25, 0.3) is 0 Å². The zero-order chi connectivity index (χ0) is 18.3. The van der Waals surface area contributed by atoms with Crippen LogP contribution in [0.2, 0.25) is 0 Å². The van der Waals surface area contributed by atoms with Crippen LogP contribution in [-0.4, -0.2) is 20.2 Å². The molecule has 0 amide bonds. The van der Waals surface area contributed by atoms with Crippen LogP contribution >= 0.6 is 0 Å². The summed E-state index contributed by atoms with van der Waals surface area (Å²) in [6.45, 7) is 1.02. The Kier molecular flexibility index (Phi) is 5.26. The number of benzene rings is 1. The fourth-order valence-corrected chi connectivity index (χ4v) is 2.59. The highest BCUT2D eigenvalue weighted by atomic mass is 16.6. The minimum atomic E-state index is 0.388. The van der Waals surface area contributed by atoms with Gasteiger partial charge in [-0.3, -0.25) is 9.82 Å². The summed E-state index contributed by atoms with van der Waals surface area (Å²) in [7, 11) is 0. The van der Waals surface area contributed by atoms with E-state index in [-0.39, 0.29) is 0 Å². The molecule has 0 unspecified atom stereocenters. The highest BCUT2D eigenvalue weighted by Crippen LogP contribution is 2.27. The molecule has 1 N–H and O–H groups in total. The number of nitrogens with one attached hydrogen (secondary N) is 1. The molecule has 1 saturated carbocycles. The summed E-state index contributed by atoms with van der Waals surface area (Å²) in [5.74, 6) is 7.15. The molecule has 0 atom stereocenters. The smallest absolute Gasteiger partial charge is 0.251 e. The number of rotatable bonds is 6. The number of pyridine rings is 1. The van der Waals surface area contributed by atoms with E-state index in [0.717, 1.165) is 22.5 Å². The van der Waals surface area contributed by atoms with Crippen molar-refractivity contribution < 1.29 is 9.99 Å². The molecule has 0 radical (unpaired) electrons. The molecule has 0 saturated heterocycles. The van der Waals surface area contributed by atoms with Crippen LogP contribution in [0.3, 0.4) is 0 Å². The van der Waals surface area contributed by atoms with Crippen LogP contribution in [0.4, 0.5) is 0 Å². The van der Waals surface area contributed by atoms with E-state index in [2.05, 4.69) is 51.2 Å². The average molecular weight is 357 g/mol. The Bertz CT molecular complexity index is 947. The molecule has 0 spiro atoms. The second kappa shape index (κ2) is 8.33. The molecule has 1 aromatic carbocycles. The molecule has 2 aromatic heterocycles. The lowest BCUT2D eigenvalue weighted by molar-refractivity contribution is -0.759. The van der Waals surface area contributed by atoms with Gasteiger partial charge in [0.15, 0.2) is 0 Å². The summed E-state index contributed by atoms with van der Waals surface area (Å²) < 4.78 is 1.99. The van der Waals surface area contributed by atoms with E-state index in [9.17, 15) is 0 Å². The van der Waals surface area contributed by atoms with Gasteiger partial charge in [-0.1, -0.05) is 17.9 Å². The molecule has 0 aliphatic heterocycles. The largest absolute Gasteiger partial charge is 0.327 e. The molecule has 2 heterocycles. The van der Waals surface area contributed by atoms with Gasteiger partial charge in [-0.2, -0.15) is 0 Å². The third-order valence-corrected chi connectivity index (χ3v) is 4.27. The Morgan fingerprint density at radius 2 is 2.04 bits per heavy atom. The van der Waals surface area contributed by atoms with Gasteiger partial charge in [-0.25, -0.2) is 4.98 Å². The summed E-state index contributed by atoms with van der Waals surface area (Å²) in [6.07, 6.45) is 9.72. The van der Waals surface area contributed by atoms with Crippen molar-refractivity contribution in [1.29, 1.82) is 0 Å². The Morgan fingerprint density at radius 3 is 2.74 bits per heavy atom. The van der Waals surface area contributed by atoms with Crippen molar-refractivity contribution in [3.63, 3.8) is 0 Å². The normalized spacial score (nSPS) is 13.7. The van der Waals surface area contributed by atoms with Crippen molar-refractivity contribution in [2.75, 3.05) is 0 Å². The summed E-state index contributed by atoms with van der Waals surface area (Å²) in [6, 6.07) is 14.0. The van der Waals surface area contributed by atoms with Crippen LogP contribution in [0.1, 0.15) is 29.7 Å². The van der Waals surface area contributed by atoms with Crippen LogP contribution in [0, 0.1) is 17.8 Å². The topological polar surface area (TPSA) is 53.9 Å². The maximum absolute atomic E-state index is 5.69. The van der Waals surface area contributed by atoms with Crippen molar-refractivity contribution in [3.05, 3.63) is 84.2 Å². The van der Waals surface area contributed by atoms with Crippen LogP contribution in [-0.2, 0) is 18.0 Å². The first-order valence-corrected chi connectivity index (χ1v) is 9.08. The Hall–Kier alpha value is -3.39. The molecule has 1 fully saturated rings. The second-order valence-electron chi connectivity index (χ2n) is 6.55. The first-order valence-electron chi connectivity index (χ1n) is 9.08. The minimum absolute atomic E-state index is 0.388. The Labute approximate surface area is 158 Å². The fourth-order valence-electron chi connectivity index (χ4n) is 2.59. The van der Waals surface area contributed by atoms with E-state index in [1.165, 1.54) is 12.8 Å². The van der Waals surface area contributed by atoms with Gasteiger partial charge in [0.05, 0.1) is 12.0 Å². The lowest BCUT2D eigenvalue weighted by atomic mass is 10.1. The van der Waals surface area contributed by atoms with E-state index < -0.39 is 0 Å². The molecule has 5 nitrogen and oxygen atoms in total. The third-order valence-electron chi connectivity index (χ3n) is 4.27. The van der Waals surface area contributed by atoms with Crippen molar-refractivity contribution in [2.45, 2.75) is 26.0 Å². The van der Waals surface area contributed by atoms with E-state index in [4.69, 9.17) is 4.84 Å². The van der Waals surface area contributed by atoms with Crippen LogP contribution in [0.15, 0.2) is 67.4 Å². The number of hydrogen-bond donors (Lipinski definition) is 1. The fraction of sp³-hybridized carbons (Fsp3) is 0.227. The van der Waals surface area contributed by atoms with E-state index in [1.54, 1.807) is 18.7 Å². The van der Waals surface area contributed by atoms with Gasteiger partial charge < -0.3 is 4.57 Å². The molecule has 27 heavy (non-hydrogen) atoms. The maximum Gasteiger partial charge on any atom is 0.251 e. The highest BCUT2D eigenvalue weighted by Gasteiger charge is 2.17. The van der Waals surface area contributed by atoms with Gasteiger partial charge in [0.25, 0.3) is 5.71 Å². The summed E-state index contributed by atoms with van der Waals surface area (Å²) in [5, 5.41) is 3.09. The second-order valence-corrected chi connectivity index (χ2v) is 6.55. The molecular formula is C22H21N4O+. The average Bonchev–Trinajstić information content (AvgIpc) is 3.41. The van der Waals surface area contributed by atoms with Gasteiger partial charge in [-0.05, 0) is 54.4 Å². The number of aromatic nitrogens is 3. The SMILES string of the molecule is C(#CC1CC1)c1ccc(/C(Cn2ccnc2)=[NH+]/OCc2ccccn2)cc1. The van der Waals surface area contributed by atoms with Crippen molar-refractivity contribution >= 4 is 5.71 Å². The first kappa shape index (κ1) is 17.0. The van der Waals surface area contributed by atoms with Gasteiger partial charge >= 0.3 is 0 Å². The van der Waals surface area contributed by atoms with Gasteiger partial charge in [-0.15, -0.1) is 0 Å². The van der Waals surface area contributed by atoms with Crippen molar-refractivity contribution in [2.24, 2.45) is 5.92 Å². The molecular weight excluding hydrogens is 336 g/mol. The Morgan fingerprint density at radius 1 is 1.15 bits per heavy atom. The van der Waals surface area contributed by atoms with E-state index >= 15 is 0 Å². The standard InChI is InChI=1S/C22H20N4O/c1-2-12-24-21(3-1)16-27-25-22(15-26-14-13-23-17-26)20-10-8-19(9-11-20)7-6-18-4-5-18/h1-3,8-14,17-18H,4-5,15-16H2/p+1/b25-22+. The Balaban J connectivity index is 1.50. The molecule has 3 aromatic rings. The van der Waals surface area contributed by atoms with Crippen LogP contribution < -0.4 is 5.16 Å². The van der Waals surface area contributed by atoms with Gasteiger partial charge in [0, 0.05) is 35.6 Å².